The fraction of sp³-hybridized carbons (Fsp3) is 0.304. The number of hydrogen-bond donors (Lipinski definition) is 4. The van der Waals surface area contributed by atoms with Crippen LogP contribution in [0, 0.1) is 5.41 Å². The molecular formula is C23H25N5O5. The SMILES string of the molecule is CN(C)C(=O)c1ccccc1N1CCO[C@H]([C@@H](O)C(=O)Nc2ccc3c(c2)CNC3=N)C1=O. The van der Waals surface area contributed by atoms with Crippen LogP contribution >= 0.6 is 0 Å². The van der Waals surface area contributed by atoms with Crippen LogP contribution in [0.25, 0.3) is 0 Å². The van der Waals surface area contributed by atoms with Crippen LogP contribution in [0.1, 0.15) is 21.5 Å². The van der Waals surface area contributed by atoms with Crippen LogP contribution in [0.3, 0.4) is 0 Å². The van der Waals surface area contributed by atoms with Gasteiger partial charge in [0.2, 0.25) is 0 Å². The lowest BCUT2D eigenvalue weighted by molar-refractivity contribution is -0.150. The number of ether oxygens (including phenoxy) is 1. The number of nitrogens with one attached hydrogen (secondary N) is 3. The van der Waals surface area contributed by atoms with Crippen LogP contribution in [0.2, 0.25) is 0 Å². The van der Waals surface area contributed by atoms with Gasteiger partial charge in [0, 0.05) is 38.4 Å². The first-order valence-electron chi connectivity index (χ1n) is 10.5. The summed E-state index contributed by atoms with van der Waals surface area (Å²) in [4.78, 5) is 41.2. The summed E-state index contributed by atoms with van der Waals surface area (Å²) in [5, 5.41) is 23.9. The Morgan fingerprint density at radius 3 is 2.79 bits per heavy atom. The highest BCUT2D eigenvalue weighted by molar-refractivity contribution is 6.08. The van der Waals surface area contributed by atoms with E-state index in [2.05, 4.69) is 10.6 Å². The molecule has 3 amide bonds. The van der Waals surface area contributed by atoms with E-state index < -0.39 is 24.0 Å². The van der Waals surface area contributed by atoms with Crippen molar-refractivity contribution in [2.75, 3.05) is 37.5 Å². The maximum atomic E-state index is 13.2. The van der Waals surface area contributed by atoms with E-state index in [0.29, 0.717) is 29.3 Å². The molecule has 4 rings (SSSR count). The molecule has 1 saturated heterocycles. The van der Waals surface area contributed by atoms with Gasteiger partial charge in [0.05, 0.1) is 17.9 Å². The standard InChI is InChI=1S/C23H25N5O5/c1-27(2)22(31)16-5-3-4-6-17(16)28-9-10-33-19(23(28)32)18(29)21(30)26-14-7-8-15-13(11-14)12-25-20(15)24/h3-8,11,18-19,29H,9-10,12H2,1-2H3,(H2,24,25)(H,26,30)/t18-,19-/m1/s1. The van der Waals surface area contributed by atoms with Crippen LogP contribution < -0.4 is 15.5 Å². The van der Waals surface area contributed by atoms with E-state index in [1.165, 1.54) is 9.80 Å². The van der Waals surface area contributed by atoms with Gasteiger partial charge in [0.15, 0.2) is 12.2 Å². The number of carbonyl (C=O) groups excluding carboxylic acids is 3. The van der Waals surface area contributed by atoms with Gasteiger partial charge in [0.25, 0.3) is 17.7 Å². The van der Waals surface area contributed by atoms with Gasteiger partial charge < -0.3 is 30.3 Å². The molecule has 0 aromatic heterocycles. The minimum atomic E-state index is -1.75. The molecule has 4 N–H and O–H groups in total. The van der Waals surface area contributed by atoms with Gasteiger partial charge >= 0.3 is 0 Å². The Bertz CT molecular complexity index is 1130. The molecule has 0 bridgehead atoms. The summed E-state index contributed by atoms with van der Waals surface area (Å²) in [5.74, 6) is -1.33. The number of aliphatic hydroxyl groups is 1. The van der Waals surface area contributed by atoms with Gasteiger partial charge in [-0.05, 0) is 35.9 Å². The average molecular weight is 451 g/mol. The monoisotopic (exact) mass is 451 g/mol. The first-order chi connectivity index (χ1) is 15.8. The van der Waals surface area contributed by atoms with Crippen LogP contribution in [0.15, 0.2) is 42.5 Å². The van der Waals surface area contributed by atoms with Gasteiger partial charge in [-0.2, -0.15) is 0 Å². The first-order valence-corrected chi connectivity index (χ1v) is 10.5. The second kappa shape index (κ2) is 9.00. The number of fused-ring (bicyclic) bond motifs is 1. The molecule has 172 valence electrons. The van der Waals surface area contributed by atoms with Gasteiger partial charge in [-0.15, -0.1) is 0 Å². The lowest BCUT2D eigenvalue weighted by Crippen LogP contribution is -2.55. The normalized spacial score (nSPS) is 18.4. The number of benzene rings is 2. The number of nitrogens with zero attached hydrogens (tertiary/aromatic N) is 2. The molecule has 2 aromatic rings. The predicted octanol–water partition coefficient (Wildman–Crippen LogP) is 0.548. The average Bonchev–Trinajstić information content (AvgIpc) is 3.18. The van der Waals surface area contributed by atoms with E-state index in [1.807, 2.05) is 0 Å². The van der Waals surface area contributed by atoms with Crippen molar-refractivity contribution in [1.29, 1.82) is 5.41 Å². The Morgan fingerprint density at radius 1 is 1.27 bits per heavy atom. The van der Waals surface area contributed by atoms with Crippen molar-refractivity contribution in [2.45, 2.75) is 18.8 Å². The third kappa shape index (κ3) is 4.30. The number of anilines is 2. The third-order valence-corrected chi connectivity index (χ3v) is 5.61. The number of hydrogen-bond acceptors (Lipinski definition) is 6. The van der Waals surface area contributed by atoms with Crippen molar-refractivity contribution < 1.29 is 24.2 Å². The largest absolute Gasteiger partial charge is 0.380 e. The molecule has 10 nitrogen and oxygen atoms in total. The molecule has 0 aliphatic carbocycles. The van der Waals surface area contributed by atoms with Crippen molar-refractivity contribution in [3.63, 3.8) is 0 Å². The Labute approximate surface area is 190 Å². The second-order valence-electron chi connectivity index (χ2n) is 8.03. The van der Waals surface area contributed by atoms with Gasteiger partial charge in [-0.1, -0.05) is 12.1 Å². The van der Waals surface area contributed by atoms with E-state index in [1.54, 1.807) is 56.6 Å². The summed E-state index contributed by atoms with van der Waals surface area (Å²) < 4.78 is 5.46. The summed E-state index contributed by atoms with van der Waals surface area (Å²) in [5.41, 5.74) is 2.78. The van der Waals surface area contributed by atoms with Crippen LogP contribution in [-0.4, -0.2) is 73.0 Å². The molecule has 2 aromatic carbocycles. The minimum Gasteiger partial charge on any atom is -0.380 e. The number of amidine groups is 1. The summed E-state index contributed by atoms with van der Waals surface area (Å²) >= 11 is 0. The second-order valence-corrected chi connectivity index (χ2v) is 8.03. The number of para-hydroxylation sites is 1. The lowest BCUT2D eigenvalue weighted by atomic mass is 10.1. The molecule has 0 spiro atoms. The molecule has 33 heavy (non-hydrogen) atoms. The number of morpholine rings is 1. The Morgan fingerprint density at radius 2 is 2.03 bits per heavy atom. The smallest absolute Gasteiger partial charge is 0.259 e. The lowest BCUT2D eigenvalue weighted by Gasteiger charge is -2.35. The van der Waals surface area contributed by atoms with Crippen LogP contribution in [-0.2, 0) is 20.9 Å². The zero-order chi connectivity index (χ0) is 23.7. The van der Waals surface area contributed by atoms with E-state index in [4.69, 9.17) is 10.1 Å². The van der Waals surface area contributed by atoms with Crippen molar-refractivity contribution in [3.8, 4) is 0 Å². The maximum Gasteiger partial charge on any atom is 0.259 e. The van der Waals surface area contributed by atoms with E-state index >= 15 is 0 Å². The van der Waals surface area contributed by atoms with E-state index in [0.717, 1.165) is 11.1 Å². The van der Waals surface area contributed by atoms with Gasteiger partial charge in [-0.3, -0.25) is 19.8 Å². The van der Waals surface area contributed by atoms with E-state index in [-0.39, 0.29) is 19.1 Å². The van der Waals surface area contributed by atoms with Crippen LogP contribution in [0.5, 0.6) is 0 Å². The van der Waals surface area contributed by atoms with Crippen LogP contribution in [0.4, 0.5) is 11.4 Å². The highest BCUT2D eigenvalue weighted by Gasteiger charge is 2.40. The summed E-state index contributed by atoms with van der Waals surface area (Å²) in [7, 11) is 3.24. The maximum absolute atomic E-state index is 13.2. The number of aliphatic hydroxyl groups excluding tert-OH is 1. The van der Waals surface area contributed by atoms with Crippen molar-refractivity contribution in [3.05, 3.63) is 59.2 Å². The first kappa shape index (κ1) is 22.4. The molecule has 0 radical (unpaired) electrons. The summed E-state index contributed by atoms with van der Waals surface area (Å²) in [6.45, 7) is 0.758. The zero-order valence-electron chi connectivity index (χ0n) is 18.3. The Balaban J connectivity index is 1.51. The number of rotatable bonds is 5. The van der Waals surface area contributed by atoms with E-state index in [9.17, 15) is 19.5 Å². The topological polar surface area (TPSA) is 135 Å². The molecule has 2 heterocycles. The summed E-state index contributed by atoms with van der Waals surface area (Å²) in [6.07, 6.45) is -3.16. The molecule has 2 aliphatic rings. The highest BCUT2D eigenvalue weighted by Crippen LogP contribution is 2.26. The Hall–Kier alpha value is -3.76. The van der Waals surface area contributed by atoms with Gasteiger partial charge in [0.1, 0.15) is 5.84 Å². The predicted molar refractivity (Wildman–Crippen MR) is 121 cm³/mol. The number of amides is 3. The molecule has 0 saturated carbocycles. The molecule has 2 aliphatic heterocycles. The minimum absolute atomic E-state index is 0.0951. The fourth-order valence-corrected chi connectivity index (χ4v) is 3.90. The van der Waals surface area contributed by atoms with Crippen molar-refractivity contribution in [1.82, 2.24) is 10.2 Å². The molecular weight excluding hydrogens is 426 g/mol. The number of carbonyl (C=O) groups is 3. The molecule has 1 fully saturated rings. The fourth-order valence-electron chi connectivity index (χ4n) is 3.90. The zero-order valence-corrected chi connectivity index (χ0v) is 18.3. The molecule has 0 unspecified atom stereocenters. The van der Waals surface area contributed by atoms with Crippen molar-refractivity contribution in [2.24, 2.45) is 0 Å². The quantitative estimate of drug-likeness (QED) is 0.524. The summed E-state index contributed by atoms with van der Waals surface area (Å²) in [6, 6.07) is 11.8. The van der Waals surface area contributed by atoms with Gasteiger partial charge in [-0.25, -0.2) is 0 Å². The molecule has 10 heteroatoms. The highest BCUT2D eigenvalue weighted by atomic mass is 16.5. The third-order valence-electron chi connectivity index (χ3n) is 5.61. The van der Waals surface area contributed by atoms with Crippen molar-refractivity contribution >= 4 is 34.9 Å². The molecule has 2 atom stereocenters. The Kier molecular flexibility index (Phi) is 6.12.